The fourth-order valence-corrected chi connectivity index (χ4v) is 3.45. The SMILES string of the molecule is Cc1noc(C)c1CCC(=O)N1C[C@H](C(=O)O)[C@@H](c2ccncc2)C1. The number of amides is 1. The van der Waals surface area contributed by atoms with Gasteiger partial charge in [0, 0.05) is 43.4 Å². The first-order valence-electron chi connectivity index (χ1n) is 8.29. The number of likely N-dealkylation sites (tertiary alicyclic amines) is 1. The number of aromatic nitrogens is 2. The summed E-state index contributed by atoms with van der Waals surface area (Å²) in [6.45, 7) is 4.34. The predicted octanol–water partition coefficient (Wildman–Crippen LogP) is 1.95. The van der Waals surface area contributed by atoms with Crippen LogP contribution in [-0.4, -0.2) is 45.1 Å². The van der Waals surface area contributed by atoms with Gasteiger partial charge in [0.05, 0.1) is 11.6 Å². The molecule has 1 amide bonds. The number of nitrogens with zero attached hydrogens (tertiary/aromatic N) is 3. The number of hydrogen-bond acceptors (Lipinski definition) is 5. The van der Waals surface area contributed by atoms with E-state index in [1.807, 2.05) is 26.0 Å². The third-order valence-electron chi connectivity index (χ3n) is 4.89. The van der Waals surface area contributed by atoms with Crippen molar-refractivity contribution in [2.45, 2.75) is 32.6 Å². The van der Waals surface area contributed by atoms with E-state index in [4.69, 9.17) is 4.52 Å². The Morgan fingerprint density at radius 3 is 2.60 bits per heavy atom. The summed E-state index contributed by atoms with van der Waals surface area (Å²) < 4.78 is 5.12. The molecule has 0 saturated carbocycles. The van der Waals surface area contributed by atoms with Gasteiger partial charge in [0.2, 0.25) is 5.91 Å². The molecule has 0 radical (unpaired) electrons. The topological polar surface area (TPSA) is 96.5 Å². The van der Waals surface area contributed by atoms with Crippen LogP contribution >= 0.6 is 0 Å². The Bertz CT molecular complexity index is 752. The number of pyridine rings is 1. The number of carbonyl (C=O) groups is 2. The smallest absolute Gasteiger partial charge is 0.308 e. The number of aryl methyl sites for hydroxylation is 2. The van der Waals surface area contributed by atoms with Gasteiger partial charge < -0.3 is 14.5 Å². The van der Waals surface area contributed by atoms with Crippen molar-refractivity contribution in [1.29, 1.82) is 0 Å². The van der Waals surface area contributed by atoms with E-state index in [1.165, 1.54) is 0 Å². The van der Waals surface area contributed by atoms with E-state index in [0.717, 1.165) is 22.6 Å². The summed E-state index contributed by atoms with van der Waals surface area (Å²) in [7, 11) is 0. The average Bonchev–Trinajstić information content (AvgIpc) is 3.18. The van der Waals surface area contributed by atoms with Gasteiger partial charge in [0.15, 0.2) is 0 Å². The second kappa shape index (κ2) is 7.04. The Morgan fingerprint density at radius 1 is 1.28 bits per heavy atom. The summed E-state index contributed by atoms with van der Waals surface area (Å²) in [6, 6.07) is 3.64. The number of carboxylic acids is 1. The zero-order valence-corrected chi connectivity index (χ0v) is 14.3. The van der Waals surface area contributed by atoms with Crippen molar-refractivity contribution in [1.82, 2.24) is 15.0 Å². The van der Waals surface area contributed by atoms with Crippen molar-refractivity contribution in [3.8, 4) is 0 Å². The van der Waals surface area contributed by atoms with Crippen LogP contribution in [0.3, 0.4) is 0 Å². The highest BCUT2D eigenvalue weighted by atomic mass is 16.5. The summed E-state index contributed by atoms with van der Waals surface area (Å²) in [5.41, 5.74) is 2.65. The van der Waals surface area contributed by atoms with Gasteiger partial charge >= 0.3 is 5.97 Å². The summed E-state index contributed by atoms with van der Waals surface area (Å²) >= 11 is 0. The lowest BCUT2D eigenvalue weighted by Crippen LogP contribution is -2.30. The van der Waals surface area contributed by atoms with Gasteiger partial charge in [0.1, 0.15) is 5.76 Å². The third-order valence-corrected chi connectivity index (χ3v) is 4.89. The highest BCUT2D eigenvalue weighted by Crippen LogP contribution is 2.33. The molecule has 3 rings (SSSR count). The largest absolute Gasteiger partial charge is 0.481 e. The molecular formula is C18H21N3O4. The fourth-order valence-electron chi connectivity index (χ4n) is 3.45. The molecule has 7 nitrogen and oxygen atoms in total. The number of rotatable bonds is 5. The fraction of sp³-hybridized carbons (Fsp3) is 0.444. The molecule has 2 atom stereocenters. The Labute approximate surface area is 145 Å². The average molecular weight is 343 g/mol. The lowest BCUT2D eigenvalue weighted by atomic mass is 9.90. The van der Waals surface area contributed by atoms with Crippen LogP contribution in [0.15, 0.2) is 29.0 Å². The molecule has 25 heavy (non-hydrogen) atoms. The second-order valence-corrected chi connectivity index (χ2v) is 6.43. The zero-order chi connectivity index (χ0) is 18.0. The van der Waals surface area contributed by atoms with Crippen LogP contribution in [0.1, 0.15) is 34.9 Å². The maximum Gasteiger partial charge on any atom is 0.308 e. The van der Waals surface area contributed by atoms with Gasteiger partial charge in [-0.25, -0.2) is 0 Å². The monoisotopic (exact) mass is 343 g/mol. The van der Waals surface area contributed by atoms with Crippen molar-refractivity contribution in [3.63, 3.8) is 0 Å². The Kier molecular flexibility index (Phi) is 4.83. The standard InChI is InChI=1S/C18H21N3O4/c1-11-14(12(2)25-20-11)3-4-17(22)21-9-15(16(10-21)18(23)24)13-5-7-19-8-6-13/h5-8,15-16H,3-4,9-10H2,1-2H3,(H,23,24)/t15-,16+/m1/s1. The van der Waals surface area contributed by atoms with Crippen molar-refractivity contribution >= 4 is 11.9 Å². The van der Waals surface area contributed by atoms with E-state index >= 15 is 0 Å². The molecule has 132 valence electrons. The van der Waals surface area contributed by atoms with Gasteiger partial charge in [0.25, 0.3) is 0 Å². The number of carboxylic acid groups (broad SMARTS) is 1. The molecule has 7 heteroatoms. The van der Waals surface area contributed by atoms with Crippen LogP contribution in [0.2, 0.25) is 0 Å². The van der Waals surface area contributed by atoms with Gasteiger partial charge in [-0.3, -0.25) is 14.6 Å². The van der Waals surface area contributed by atoms with E-state index in [1.54, 1.807) is 17.3 Å². The van der Waals surface area contributed by atoms with E-state index < -0.39 is 11.9 Å². The first kappa shape index (κ1) is 17.1. The lowest BCUT2D eigenvalue weighted by molar-refractivity contribution is -0.141. The maximum absolute atomic E-state index is 12.6. The van der Waals surface area contributed by atoms with Crippen LogP contribution in [0.5, 0.6) is 0 Å². The zero-order valence-electron chi connectivity index (χ0n) is 14.3. The van der Waals surface area contributed by atoms with Crippen LogP contribution < -0.4 is 0 Å². The van der Waals surface area contributed by atoms with Crippen LogP contribution in [-0.2, 0) is 16.0 Å². The number of carbonyl (C=O) groups excluding carboxylic acids is 1. The van der Waals surface area contributed by atoms with Crippen LogP contribution in [0.4, 0.5) is 0 Å². The molecule has 1 aliphatic rings. The Hall–Kier alpha value is -2.70. The molecule has 1 N–H and O–H groups in total. The van der Waals surface area contributed by atoms with E-state index in [2.05, 4.69) is 10.1 Å². The van der Waals surface area contributed by atoms with Gasteiger partial charge in [-0.2, -0.15) is 0 Å². The van der Waals surface area contributed by atoms with Crippen molar-refractivity contribution in [2.24, 2.45) is 5.92 Å². The third kappa shape index (κ3) is 3.55. The predicted molar refractivity (Wildman–Crippen MR) is 89.0 cm³/mol. The van der Waals surface area contributed by atoms with E-state index in [9.17, 15) is 14.7 Å². The van der Waals surface area contributed by atoms with Gasteiger partial charge in [-0.05, 0) is 38.0 Å². The first-order valence-corrected chi connectivity index (χ1v) is 8.29. The van der Waals surface area contributed by atoms with E-state index in [0.29, 0.717) is 19.4 Å². The normalized spacial score (nSPS) is 20.0. The Morgan fingerprint density at radius 2 is 2.00 bits per heavy atom. The minimum Gasteiger partial charge on any atom is -0.481 e. The van der Waals surface area contributed by atoms with E-state index in [-0.39, 0.29) is 18.4 Å². The van der Waals surface area contributed by atoms with Crippen molar-refractivity contribution < 1.29 is 19.2 Å². The van der Waals surface area contributed by atoms with Crippen molar-refractivity contribution in [3.05, 3.63) is 47.1 Å². The molecule has 1 fully saturated rings. The molecule has 0 unspecified atom stereocenters. The molecule has 0 bridgehead atoms. The molecule has 1 saturated heterocycles. The number of hydrogen-bond donors (Lipinski definition) is 1. The Balaban J connectivity index is 1.68. The second-order valence-electron chi connectivity index (χ2n) is 6.43. The minimum absolute atomic E-state index is 0.0391. The summed E-state index contributed by atoms with van der Waals surface area (Å²) in [6.07, 6.45) is 4.17. The molecule has 0 aromatic carbocycles. The number of aliphatic carboxylic acids is 1. The molecule has 1 aliphatic heterocycles. The highest BCUT2D eigenvalue weighted by molar-refractivity contribution is 5.80. The first-order chi connectivity index (χ1) is 12.0. The molecule has 3 heterocycles. The summed E-state index contributed by atoms with van der Waals surface area (Å²) in [5, 5.41) is 13.4. The summed E-state index contributed by atoms with van der Waals surface area (Å²) in [4.78, 5) is 29.8. The molecule has 2 aromatic heterocycles. The summed E-state index contributed by atoms with van der Waals surface area (Å²) in [5.74, 6) is -0.982. The molecule has 0 spiro atoms. The molecular weight excluding hydrogens is 322 g/mol. The quantitative estimate of drug-likeness (QED) is 0.891. The van der Waals surface area contributed by atoms with Crippen molar-refractivity contribution in [2.75, 3.05) is 13.1 Å². The maximum atomic E-state index is 12.6. The van der Waals surface area contributed by atoms with Gasteiger partial charge in [-0.1, -0.05) is 5.16 Å². The van der Waals surface area contributed by atoms with Gasteiger partial charge in [-0.15, -0.1) is 0 Å². The molecule has 2 aromatic rings. The minimum atomic E-state index is -0.872. The molecule has 0 aliphatic carbocycles. The van der Waals surface area contributed by atoms with Crippen LogP contribution in [0.25, 0.3) is 0 Å². The van der Waals surface area contributed by atoms with Crippen LogP contribution in [0, 0.1) is 19.8 Å². The highest BCUT2D eigenvalue weighted by Gasteiger charge is 2.40. The lowest BCUT2D eigenvalue weighted by Gasteiger charge is -2.16.